The molecule has 2 aromatic carbocycles. The third-order valence-electron chi connectivity index (χ3n) is 4.58. The Bertz CT molecular complexity index is 865. The van der Waals surface area contributed by atoms with E-state index in [1.807, 2.05) is 0 Å². The van der Waals surface area contributed by atoms with Crippen LogP contribution in [0.4, 0.5) is 0 Å². The first-order valence-electron chi connectivity index (χ1n) is 7.93. The molecule has 4 rings (SSSR count). The maximum atomic E-state index is 4.91. The Morgan fingerprint density at radius 1 is 1.05 bits per heavy atom. The van der Waals surface area contributed by atoms with E-state index < -0.39 is 0 Å². The molecule has 2 nitrogen and oxygen atoms in total. The molecule has 22 heavy (non-hydrogen) atoms. The molecular weight excluding hydrogens is 268 g/mol. The van der Waals surface area contributed by atoms with Gasteiger partial charge in [0, 0.05) is 30.6 Å². The van der Waals surface area contributed by atoms with Crippen molar-refractivity contribution in [3.63, 3.8) is 0 Å². The normalized spacial score (nSPS) is 14.1. The summed E-state index contributed by atoms with van der Waals surface area (Å²) in [5, 5.41) is 4.77. The quantitative estimate of drug-likeness (QED) is 0.727. The lowest BCUT2D eigenvalue weighted by Gasteiger charge is -2.23. The molecule has 0 bridgehead atoms. The van der Waals surface area contributed by atoms with Crippen LogP contribution in [-0.4, -0.2) is 11.5 Å². The summed E-state index contributed by atoms with van der Waals surface area (Å²) in [6, 6.07) is 15.2. The lowest BCUT2D eigenvalue weighted by Crippen LogP contribution is -2.25. The molecule has 0 atom stereocenters. The third-order valence-corrected chi connectivity index (χ3v) is 4.58. The van der Waals surface area contributed by atoms with Crippen LogP contribution in [0.15, 0.2) is 42.5 Å². The zero-order chi connectivity index (χ0) is 15.1. The van der Waals surface area contributed by atoms with Crippen molar-refractivity contribution in [3.05, 3.63) is 64.8 Å². The first-order valence-corrected chi connectivity index (χ1v) is 7.93. The van der Waals surface area contributed by atoms with Gasteiger partial charge >= 0.3 is 0 Å². The number of fused-ring (bicyclic) bond motifs is 2. The number of hydrogen-bond donors (Lipinski definition) is 1. The fourth-order valence-electron chi connectivity index (χ4n) is 3.43. The van der Waals surface area contributed by atoms with Gasteiger partial charge in [-0.15, -0.1) is 0 Å². The molecule has 1 aliphatic rings. The highest BCUT2D eigenvalue weighted by Gasteiger charge is 2.19. The summed E-state index contributed by atoms with van der Waals surface area (Å²) in [6.45, 7) is 6.30. The summed E-state index contributed by atoms with van der Waals surface area (Å²) in [6.07, 6.45) is 1.01. The van der Waals surface area contributed by atoms with Gasteiger partial charge in [0.25, 0.3) is 0 Å². The van der Waals surface area contributed by atoms with Crippen LogP contribution in [0.5, 0.6) is 0 Å². The molecular formula is C20H20N2. The molecule has 0 fully saturated rings. The lowest BCUT2D eigenvalue weighted by molar-refractivity contribution is 0.634. The van der Waals surface area contributed by atoms with Crippen LogP contribution in [0.2, 0.25) is 0 Å². The van der Waals surface area contributed by atoms with E-state index in [-0.39, 0.29) is 0 Å². The van der Waals surface area contributed by atoms with Crippen LogP contribution < -0.4 is 5.32 Å². The number of para-hydroxylation sites is 1. The van der Waals surface area contributed by atoms with E-state index >= 15 is 0 Å². The zero-order valence-electron chi connectivity index (χ0n) is 13.1. The Kier molecular flexibility index (Phi) is 3.20. The molecule has 110 valence electrons. The predicted octanol–water partition coefficient (Wildman–Crippen LogP) is 4.16. The van der Waals surface area contributed by atoms with Crippen LogP contribution >= 0.6 is 0 Å². The maximum Gasteiger partial charge on any atom is 0.0711 e. The molecule has 0 saturated carbocycles. The Labute approximate surface area is 131 Å². The number of pyridine rings is 1. The topological polar surface area (TPSA) is 24.9 Å². The van der Waals surface area contributed by atoms with Gasteiger partial charge in [-0.25, -0.2) is 0 Å². The Hall–Kier alpha value is -2.19. The molecule has 3 aromatic rings. The minimum absolute atomic E-state index is 0.913. The molecule has 0 unspecified atom stereocenters. The molecule has 1 N–H and O–H groups in total. The van der Waals surface area contributed by atoms with Gasteiger partial charge in [-0.2, -0.15) is 0 Å². The Morgan fingerprint density at radius 2 is 1.91 bits per heavy atom. The standard InChI is InChI=1S/C20H20N2/c1-13-7-8-14(2)16(11-13)20-15-5-3-4-6-18(15)22-19-9-10-21-12-17(19)20/h3-8,11,21H,9-10,12H2,1-2H3. The molecule has 1 aliphatic heterocycles. The van der Waals surface area contributed by atoms with Crippen LogP contribution in [0.3, 0.4) is 0 Å². The van der Waals surface area contributed by atoms with Crippen LogP contribution in [0.1, 0.15) is 22.4 Å². The highest BCUT2D eigenvalue weighted by Crippen LogP contribution is 2.36. The van der Waals surface area contributed by atoms with Crippen molar-refractivity contribution in [1.29, 1.82) is 0 Å². The van der Waals surface area contributed by atoms with Crippen LogP contribution in [0, 0.1) is 13.8 Å². The van der Waals surface area contributed by atoms with E-state index in [1.165, 1.54) is 38.9 Å². The SMILES string of the molecule is Cc1ccc(C)c(-c2c3c(nc4ccccc24)CCNC3)c1. The van der Waals surface area contributed by atoms with Crippen LogP contribution in [0.25, 0.3) is 22.0 Å². The molecule has 2 heterocycles. The number of nitrogens with one attached hydrogen (secondary N) is 1. The second kappa shape index (κ2) is 5.22. The minimum atomic E-state index is 0.913. The van der Waals surface area contributed by atoms with Gasteiger partial charge in [0.05, 0.1) is 5.52 Å². The van der Waals surface area contributed by atoms with Crippen molar-refractivity contribution < 1.29 is 0 Å². The lowest BCUT2D eigenvalue weighted by atomic mass is 9.89. The summed E-state index contributed by atoms with van der Waals surface area (Å²) < 4.78 is 0. The van der Waals surface area contributed by atoms with Gasteiger partial charge in [-0.05, 0) is 42.2 Å². The average molecular weight is 288 g/mol. The van der Waals surface area contributed by atoms with E-state index in [0.717, 1.165) is 25.0 Å². The Balaban J connectivity index is 2.12. The van der Waals surface area contributed by atoms with Crippen molar-refractivity contribution in [2.45, 2.75) is 26.8 Å². The smallest absolute Gasteiger partial charge is 0.0711 e. The highest BCUT2D eigenvalue weighted by atomic mass is 14.9. The number of benzene rings is 2. The largest absolute Gasteiger partial charge is 0.312 e. The molecule has 2 heteroatoms. The summed E-state index contributed by atoms with van der Waals surface area (Å²) in [5.41, 5.74) is 9.09. The summed E-state index contributed by atoms with van der Waals surface area (Å²) >= 11 is 0. The zero-order valence-corrected chi connectivity index (χ0v) is 13.1. The van der Waals surface area contributed by atoms with E-state index in [1.54, 1.807) is 0 Å². The fraction of sp³-hybridized carbons (Fsp3) is 0.250. The minimum Gasteiger partial charge on any atom is -0.312 e. The summed E-state index contributed by atoms with van der Waals surface area (Å²) in [7, 11) is 0. The fourth-order valence-corrected chi connectivity index (χ4v) is 3.43. The van der Waals surface area contributed by atoms with Crippen molar-refractivity contribution in [3.8, 4) is 11.1 Å². The maximum absolute atomic E-state index is 4.91. The highest BCUT2D eigenvalue weighted by molar-refractivity contribution is 5.97. The molecule has 0 amide bonds. The van der Waals surface area contributed by atoms with Gasteiger partial charge in [0.2, 0.25) is 0 Å². The van der Waals surface area contributed by atoms with Crippen molar-refractivity contribution >= 4 is 10.9 Å². The number of hydrogen-bond acceptors (Lipinski definition) is 2. The molecule has 1 aromatic heterocycles. The van der Waals surface area contributed by atoms with E-state index in [2.05, 4.69) is 61.6 Å². The van der Waals surface area contributed by atoms with Gasteiger partial charge in [-0.3, -0.25) is 4.98 Å². The van der Waals surface area contributed by atoms with Gasteiger partial charge in [0.1, 0.15) is 0 Å². The van der Waals surface area contributed by atoms with Gasteiger partial charge < -0.3 is 5.32 Å². The van der Waals surface area contributed by atoms with Crippen LogP contribution in [-0.2, 0) is 13.0 Å². The van der Waals surface area contributed by atoms with E-state index in [9.17, 15) is 0 Å². The predicted molar refractivity (Wildman–Crippen MR) is 92.1 cm³/mol. The summed E-state index contributed by atoms with van der Waals surface area (Å²) in [4.78, 5) is 4.91. The monoisotopic (exact) mass is 288 g/mol. The average Bonchev–Trinajstić information content (AvgIpc) is 2.55. The number of nitrogens with zero attached hydrogens (tertiary/aromatic N) is 1. The number of aryl methyl sites for hydroxylation is 2. The van der Waals surface area contributed by atoms with Crippen molar-refractivity contribution in [1.82, 2.24) is 10.3 Å². The summed E-state index contributed by atoms with van der Waals surface area (Å²) in [5.74, 6) is 0. The molecule has 0 spiro atoms. The van der Waals surface area contributed by atoms with Gasteiger partial charge in [-0.1, -0.05) is 42.0 Å². The Morgan fingerprint density at radius 3 is 2.82 bits per heavy atom. The third kappa shape index (κ3) is 2.11. The second-order valence-corrected chi connectivity index (χ2v) is 6.17. The van der Waals surface area contributed by atoms with E-state index in [0.29, 0.717) is 0 Å². The van der Waals surface area contributed by atoms with E-state index in [4.69, 9.17) is 4.98 Å². The molecule has 0 radical (unpaired) electrons. The van der Waals surface area contributed by atoms with Gasteiger partial charge in [0.15, 0.2) is 0 Å². The molecule has 0 saturated heterocycles. The first kappa shape index (κ1) is 13.5. The number of aromatic nitrogens is 1. The van der Waals surface area contributed by atoms with Crippen molar-refractivity contribution in [2.24, 2.45) is 0 Å². The first-order chi connectivity index (χ1) is 10.7. The van der Waals surface area contributed by atoms with Crippen molar-refractivity contribution in [2.75, 3.05) is 6.54 Å². The number of rotatable bonds is 1. The second-order valence-electron chi connectivity index (χ2n) is 6.17. The molecule has 0 aliphatic carbocycles.